The fourth-order valence-corrected chi connectivity index (χ4v) is 5.20. The predicted molar refractivity (Wildman–Crippen MR) is 121 cm³/mol. The normalized spacial score (nSPS) is 15.2. The van der Waals surface area contributed by atoms with Gasteiger partial charge in [-0.1, -0.05) is 38.8 Å². The van der Waals surface area contributed by atoms with Crippen molar-refractivity contribution >= 4 is 54.4 Å². The highest BCUT2D eigenvalue weighted by atomic mass is 79.9. The third-order valence-electron chi connectivity index (χ3n) is 5.41. The molecule has 1 unspecified atom stereocenters. The number of halogens is 2. The maximum atomic E-state index is 13.1. The van der Waals surface area contributed by atoms with E-state index in [-0.39, 0.29) is 22.9 Å². The van der Waals surface area contributed by atoms with Crippen molar-refractivity contribution < 1.29 is 4.79 Å². The summed E-state index contributed by atoms with van der Waals surface area (Å²) in [6, 6.07) is 8.04. The zero-order valence-electron chi connectivity index (χ0n) is 15.9. The van der Waals surface area contributed by atoms with Crippen LogP contribution in [-0.4, -0.2) is 10.5 Å². The van der Waals surface area contributed by atoms with E-state index in [4.69, 9.17) is 0 Å². The number of pyridine rings is 1. The summed E-state index contributed by atoms with van der Waals surface area (Å²) in [6.07, 6.45) is 3.35. The minimum absolute atomic E-state index is 0.176. The molecule has 28 heavy (non-hydrogen) atoms. The van der Waals surface area contributed by atoms with Gasteiger partial charge in [-0.3, -0.25) is 9.59 Å². The average Bonchev–Trinajstić information content (AvgIpc) is 2.94. The Balaban J connectivity index is 1.85. The summed E-state index contributed by atoms with van der Waals surface area (Å²) >= 11 is 7.00. The van der Waals surface area contributed by atoms with Crippen LogP contribution in [0, 0.1) is 6.92 Å². The van der Waals surface area contributed by atoms with Gasteiger partial charge in [-0.15, -0.1) is 0 Å². The highest BCUT2D eigenvalue weighted by Gasteiger charge is 2.25. The molecule has 0 spiro atoms. The Hall–Kier alpha value is -1.92. The van der Waals surface area contributed by atoms with Crippen LogP contribution in [0.15, 0.2) is 44.2 Å². The number of anilines is 1. The Kier molecular flexibility index (Phi) is 4.96. The van der Waals surface area contributed by atoms with E-state index in [0.29, 0.717) is 5.39 Å². The van der Waals surface area contributed by atoms with Gasteiger partial charge in [0.1, 0.15) is 5.56 Å². The third-order valence-corrected chi connectivity index (χ3v) is 6.32. The van der Waals surface area contributed by atoms with Crippen molar-refractivity contribution in [3.8, 4) is 0 Å². The number of hydrogen-bond donors (Lipinski definition) is 1. The molecule has 1 aliphatic rings. The molecule has 0 saturated carbocycles. The van der Waals surface area contributed by atoms with Crippen LogP contribution in [0.25, 0.3) is 10.9 Å². The molecule has 0 aliphatic carbocycles. The number of aryl methyl sites for hydroxylation is 2. The molecule has 1 aliphatic heterocycles. The van der Waals surface area contributed by atoms with Gasteiger partial charge >= 0.3 is 0 Å². The van der Waals surface area contributed by atoms with Gasteiger partial charge in [0.2, 0.25) is 5.43 Å². The van der Waals surface area contributed by atoms with E-state index >= 15 is 0 Å². The second-order valence-corrected chi connectivity index (χ2v) is 9.19. The first kappa shape index (κ1) is 19.4. The number of hydrogen-bond acceptors (Lipinski definition) is 2. The van der Waals surface area contributed by atoms with Crippen LogP contribution in [0.4, 0.5) is 5.69 Å². The summed E-state index contributed by atoms with van der Waals surface area (Å²) in [4.78, 5) is 26.3. The molecule has 2 heterocycles. The number of carbonyl (C=O) groups excluding carboxylic acids is 1. The highest BCUT2D eigenvalue weighted by Crippen LogP contribution is 2.34. The number of nitrogens with one attached hydrogen (secondary N) is 1. The minimum atomic E-state index is -0.364. The zero-order valence-corrected chi connectivity index (χ0v) is 19.1. The summed E-state index contributed by atoms with van der Waals surface area (Å²) in [7, 11) is 0. The van der Waals surface area contributed by atoms with Gasteiger partial charge in [0, 0.05) is 32.3 Å². The summed E-state index contributed by atoms with van der Waals surface area (Å²) in [6.45, 7) is 6.11. The molecular formula is C22H20Br2N2O2. The Morgan fingerprint density at radius 1 is 1.21 bits per heavy atom. The lowest BCUT2D eigenvalue weighted by atomic mass is 10.0. The molecule has 144 valence electrons. The number of rotatable bonds is 3. The second kappa shape index (κ2) is 7.16. The fourth-order valence-electron chi connectivity index (χ4n) is 4.07. The van der Waals surface area contributed by atoms with Gasteiger partial charge in [0.05, 0.1) is 5.52 Å². The third kappa shape index (κ3) is 3.12. The molecule has 1 aromatic heterocycles. The van der Waals surface area contributed by atoms with Gasteiger partial charge in [-0.05, 0) is 67.6 Å². The molecular weight excluding hydrogens is 484 g/mol. The molecule has 0 bridgehead atoms. The van der Waals surface area contributed by atoms with Crippen LogP contribution < -0.4 is 10.7 Å². The van der Waals surface area contributed by atoms with Gasteiger partial charge < -0.3 is 9.88 Å². The summed E-state index contributed by atoms with van der Waals surface area (Å²) < 4.78 is 3.90. The van der Waals surface area contributed by atoms with Crippen molar-refractivity contribution in [2.75, 3.05) is 5.32 Å². The van der Waals surface area contributed by atoms with Gasteiger partial charge in [0.15, 0.2) is 0 Å². The van der Waals surface area contributed by atoms with Crippen LogP contribution >= 0.6 is 31.9 Å². The van der Waals surface area contributed by atoms with E-state index in [1.165, 1.54) is 0 Å². The first-order valence-electron chi connectivity index (χ1n) is 9.27. The predicted octanol–water partition coefficient (Wildman–Crippen LogP) is 5.77. The largest absolute Gasteiger partial charge is 0.343 e. The van der Waals surface area contributed by atoms with Crippen LogP contribution in [0.5, 0.6) is 0 Å². The first-order valence-corrected chi connectivity index (χ1v) is 10.9. The maximum absolute atomic E-state index is 13.1. The number of carbonyl (C=O) groups is 1. The van der Waals surface area contributed by atoms with Crippen molar-refractivity contribution in [1.82, 2.24) is 4.57 Å². The van der Waals surface area contributed by atoms with Crippen molar-refractivity contribution in [2.45, 2.75) is 39.7 Å². The topological polar surface area (TPSA) is 51.1 Å². The number of nitrogens with zero attached hydrogens (tertiary/aromatic N) is 1. The molecule has 2 aromatic carbocycles. The molecule has 4 nitrogen and oxygen atoms in total. The highest BCUT2D eigenvalue weighted by molar-refractivity contribution is 9.10. The smallest absolute Gasteiger partial charge is 0.261 e. The van der Waals surface area contributed by atoms with Crippen LogP contribution in [-0.2, 0) is 12.8 Å². The van der Waals surface area contributed by atoms with Crippen molar-refractivity contribution in [2.24, 2.45) is 0 Å². The molecule has 4 rings (SSSR count). The van der Waals surface area contributed by atoms with E-state index in [1.54, 1.807) is 6.20 Å². The molecule has 0 saturated heterocycles. The SMILES string of the molecule is CCc1cc(Br)cc(C)c1NC(=O)c1cn2c3c(cc(Br)cc3c1=O)CC2C. The molecule has 0 radical (unpaired) electrons. The van der Waals surface area contributed by atoms with Crippen molar-refractivity contribution in [3.63, 3.8) is 0 Å². The van der Waals surface area contributed by atoms with Gasteiger partial charge in [-0.2, -0.15) is 0 Å². The molecule has 1 amide bonds. The first-order chi connectivity index (χ1) is 13.3. The van der Waals surface area contributed by atoms with Gasteiger partial charge in [0.25, 0.3) is 5.91 Å². The van der Waals surface area contributed by atoms with E-state index < -0.39 is 0 Å². The lowest BCUT2D eigenvalue weighted by Gasteiger charge is -2.16. The maximum Gasteiger partial charge on any atom is 0.261 e. The molecule has 6 heteroatoms. The van der Waals surface area contributed by atoms with Gasteiger partial charge in [-0.25, -0.2) is 0 Å². The monoisotopic (exact) mass is 502 g/mol. The summed E-state index contributed by atoms with van der Waals surface area (Å²) in [5, 5.41) is 3.58. The van der Waals surface area contributed by atoms with E-state index in [0.717, 1.165) is 49.7 Å². The molecule has 1 atom stereocenters. The Bertz CT molecular complexity index is 1200. The fraction of sp³-hybridized carbons (Fsp3) is 0.273. The molecule has 1 N–H and O–H groups in total. The summed E-state index contributed by atoms with van der Waals surface area (Å²) in [5.74, 6) is -0.364. The van der Waals surface area contributed by atoms with E-state index in [2.05, 4.69) is 54.7 Å². The molecule has 3 aromatic rings. The van der Waals surface area contributed by atoms with Crippen LogP contribution in [0.2, 0.25) is 0 Å². The second-order valence-electron chi connectivity index (χ2n) is 7.36. The van der Waals surface area contributed by atoms with Crippen molar-refractivity contribution in [3.05, 3.63) is 71.9 Å². The number of amides is 1. The number of aromatic nitrogens is 1. The minimum Gasteiger partial charge on any atom is -0.343 e. The zero-order chi connectivity index (χ0) is 20.2. The summed E-state index contributed by atoms with van der Waals surface area (Å²) in [5.41, 5.74) is 4.79. The standard InChI is InChI=1S/C22H20Br2N2O2/c1-4-13-7-15(23)5-11(2)19(13)25-22(28)18-10-26-12(3)6-14-8-16(24)9-17(20(14)26)21(18)27/h5,7-10,12H,4,6H2,1-3H3,(H,25,28). The van der Waals surface area contributed by atoms with Crippen LogP contribution in [0.3, 0.4) is 0 Å². The number of benzene rings is 2. The average molecular weight is 504 g/mol. The van der Waals surface area contributed by atoms with E-state index in [1.807, 2.05) is 32.0 Å². The van der Waals surface area contributed by atoms with Crippen molar-refractivity contribution in [1.29, 1.82) is 0 Å². The Morgan fingerprint density at radius 3 is 2.64 bits per heavy atom. The Morgan fingerprint density at radius 2 is 1.93 bits per heavy atom. The Labute approximate surface area is 180 Å². The van der Waals surface area contributed by atoms with E-state index in [9.17, 15) is 9.59 Å². The quantitative estimate of drug-likeness (QED) is 0.493. The van der Waals surface area contributed by atoms with Crippen LogP contribution in [0.1, 0.15) is 46.9 Å². The molecule has 0 fully saturated rings. The lowest BCUT2D eigenvalue weighted by molar-refractivity contribution is 0.102. The lowest BCUT2D eigenvalue weighted by Crippen LogP contribution is -2.24.